The molecule has 0 unspecified atom stereocenters. The second kappa shape index (κ2) is 10.3. The van der Waals surface area contributed by atoms with Crippen LogP contribution in [0, 0.1) is 0 Å². The van der Waals surface area contributed by atoms with Crippen LogP contribution in [-0.4, -0.2) is 24.1 Å². The lowest BCUT2D eigenvalue weighted by molar-refractivity contribution is -0.140. The minimum atomic E-state index is -0.538. The van der Waals surface area contributed by atoms with Crippen LogP contribution in [0.2, 0.25) is 0 Å². The first-order valence-electron chi connectivity index (χ1n) is 9.28. The normalized spacial score (nSPS) is 10.6. The van der Waals surface area contributed by atoms with Crippen molar-refractivity contribution in [3.63, 3.8) is 0 Å². The van der Waals surface area contributed by atoms with Crippen LogP contribution in [0.5, 0.6) is 23.0 Å². The minimum Gasteiger partial charge on any atom is -0.487 e. The van der Waals surface area contributed by atoms with Crippen molar-refractivity contribution >= 4 is 11.9 Å². The Bertz CT molecular complexity index is 730. The first kappa shape index (κ1) is 21.3. The van der Waals surface area contributed by atoms with Gasteiger partial charge in [-0.05, 0) is 52.0 Å². The molecular weight excluding hydrogens is 360 g/mol. The van der Waals surface area contributed by atoms with Gasteiger partial charge in [-0.25, -0.2) is 0 Å². The standard InChI is InChI=1S/C22H26O6/c1-15(2)25-17-9-5-7-11-19(17)27-21(23)13-14-22(24)28-20-12-8-6-10-18(20)26-16(3)4/h5-12,15-16H,13-14H2,1-4H3. The number of carbonyl (C=O) groups is 2. The fourth-order valence-corrected chi connectivity index (χ4v) is 2.32. The summed E-state index contributed by atoms with van der Waals surface area (Å²) in [4.78, 5) is 24.2. The second-order valence-electron chi connectivity index (χ2n) is 6.67. The molecule has 0 aliphatic rings. The summed E-state index contributed by atoms with van der Waals surface area (Å²) in [6.07, 6.45) is -0.324. The summed E-state index contributed by atoms with van der Waals surface area (Å²) < 4.78 is 21.9. The summed E-state index contributed by atoms with van der Waals surface area (Å²) in [5.74, 6) is 0.531. The molecule has 0 saturated heterocycles. The first-order valence-corrected chi connectivity index (χ1v) is 9.28. The fourth-order valence-electron chi connectivity index (χ4n) is 2.32. The molecule has 0 aliphatic heterocycles. The van der Waals surface area contributed by atoms with Crippen molar-refractivity contribution < 1.29 is 28.5 Å². The highest BCUT2D eigenvalue weighted by Crippen LogP contribution is 2.29. The minimum absolute atomic E-state index is 0.0528. The third-order valence-corrected chi connectivity index (χ3v) is 3.40. The van der Waals surface area contributed by atoms with E-state index in [1.165, 1.54) is 0 Å². The number of benzene rings is 2. The maximum absolute atomic E-state index is 12.1. The molecule has 150 valence electrons. The van der Waals surface area contributed by atoms with E-state index in [1.807, 2.05) is 27.7 Å². The number of ether oxygens (including phenoxy) is 4. The van der Waals surface area contributed by atoms with Crippen LogP contribution in [0.25, 0.3) is 0 Å². The third-order valence-electron chi connectivity index (χ3n) is 3.40. The topological polar surface area (TPSA) is 71.1 Å². The maximum Gasteiger partial charge on any atom is 0.311 e. The van der Waals surface area contributed by atoms with Crippen LogP contribution in [0.1, 0.15) is 40.5 Å². The van der Waals surface area contributed by atoms with Gasteiger partial charge in [-0.15, -0.1) is 0 Å². The Hall–Kier alpha value is -3.02. The van der Waals surface area contributed by atoms with E-state index in [0.717, 1.165) is 0 Å². The summed E-state index contributed by atoms with van der Waals surface area (Å²) in [6, 6.07) is 13.8. The molecule has 0 aromatic heterocycles. The molecule has 0 radical (unpaired) electrons. The van der Waals surface area contributed by atoms with Gasteiger partial charge in [0, 0.05) is 0 Å². The molecule has 2 aromatic rings. The quantitative estimate of drug-likeness (QED) is 0.465. The summed E-state index contributed by atoms with van der Waals surface area (Å²) in [6.45, 7) is 7.54. The number of carbonyl (C=O) groups excluding carboxylic acids is 2. The number of esters is 2. The molecule has 2 aromatic carbocycles. The lowest BCUT2D eigenvalue weighted by atomic mass is 10.3. The number of hydrogen-bond acceptors (Lipinski definition) is 6. The number of rotatable bonds is 9. The molecule has 0 amide bonds. The molecule has 0 saturated carbocycles. The van der Waals surface area contributed by atoms with Crippen molar-refractivity contribution in [3.8, 4) is 23.0 Å². The van der Waals surface area contributed by atoms with E-state index in [9.17, 15) is 9.59 Å². The zero-order chi connectivity index (χ0) is 20.5. The van der Waals surface area contributed by atoms with Crippen molar-refractivity contribution in [2.24, 2.45) is 0 Å². The summed E-state index contributed by atoms with van der Waals surface area (Å²) in [5, 5.41) is 0. The van der Waals surface area contributed by atoms with E-state index in [4.69, 9.17) is 18.9 Å². The van der Waals surface area contributed by atoms with E-state index in [1.54, 1.807) is 48.5 Å². The average Bonchev–Trinajstić information content (AvgIpc) is 2.62. The Balaban J connectivity index is 1.89. The largest absolute Gasteiger partial charge is 0.487 e. The first-order chi connectivity index (χ1) is 13.3. The molecule has 6 heteroatoms. The summed E-state index contributed by atoms with van der Waals surface area (Å²) in [5.41, 5.74) is 0. The second-order valence-corrected chi connectivity index (χ2v) is 6.67. The lowest BCUT2D eigenvalue weighted by Gasteiger charge is -2.14. The highest BCUT2D eigenvalue weighted by molar-refractivity contribution is 5.80. The zero-order valence-corrected chi connectivity index (χ0v) is 16.6. The van der Waals surface area contributed by atoms with E-state index in [0.29, 0.717) is 23.0 Å². The van der Waals surface area contributed by atoms with Crippen LogP contribution >= 0.6 is 0 Å². The van der Waals surface area contributed by atoms with Crippen LogP contribution in [-0.2, 0) is 9.59 Å². The zero-order valence-electron chi connectivity index (χ0n) is 16.6. The molecule has 6 nitrogen and oxygen atoms in total. The Labute approximate surface area is 165 Å². The molecule has 28 heavy (non-hydrogen) atoms. The van der Waals surface area contributed by atoms with E-state index in [2.05, 4.69) is 0 Å². The monoisotopic (exact) mass is 386 g/mol. The molecule has 0 N–H and O–H groups in total. The van der Waals surface area contributed by atoms with Gasteiger partial charge < -0.3 is 18.9 Å². The van der Waals surface area contributed by atoms with Gasteiger partial charge in [0.25, 0.3) is 0 Å². The molecule has 0 spiro atoms. The summed E-state index contributed by atoms with van der Waals surface area (Å²) >= 11 is 0. The number of hydrogen-bond donors (Lipinski definition) is 0. The van der Waals surface area contributed by atoms with Gasteiger partial charge in [0.15, 0.2) is 23.0 Å². The Kier molecular flexibility index (Phi) is 7.87. The highest BCUT2D eigenvalue weighted by atomic mass is 16.6. The highest BCUT2D eigenvalue weighted by Gasteiger charge is 2.15. The van der Waals surface area contributed by atoms with Gasteiger partial charge in [0.2, 0.25) is 0 Å². The van der Waals surface area contributed by atoms with Crippen molar-refractivity contribution in [1.82, 2.24) is 0 Å². The Morgan fingerprint density at radius 2 is 0.964 bits per heavy atom. The van der Waals surface area contributed by atoms with Crippen LogP contribution in [0.3, 0.4) is 0 Å². The predicted octanol–water partition coefficient (Wildman–Crippen LogP) is 4.55. The third kappa shape index (κ3) is 6.95. The van der Waals surface area contributed by atoms with Gasteiger partial charge >= 0.3 is 11.9 Å². The lowest BCUT2D eigenvalue weighted by Crippen LogP contribution is -2.16. The van der Waals surface area contributed by atoms with Crippen molar-refractivity contribution in [2.45, 2.75) is 52.7 Å². The van der Waals surface area contributed by atoms with Crippen LogP contribution in [0.4, 0.5) is 0 Å². The molecule has 0 aliphatic carbocycles. The molecule has 0 atom stereocenters. The fraction of sp³-hybridized carbons (Fsp3) is 0.364. The average molecular weight is 386 g/mol. The molecule has 0 heterocycles. The van der Waals surface area contributed by atoms with Crippen LogP contribution < -0.4 is 18.9 Å². The van der Waals surface area contributed by atoms with Gasteiger partial charge in [-0.2, -0.15) is 0 Å². The van der Waals surface area contributed by atoms with Crippen molar-refractivity contribution in [3.05, 3.63) is 48.5 Å². The van der Waals surface area contributed by atoms with E-state index in [-0.39, 0.29) is 25.0 Å². The summed E-state index contributed by atoms with van der Waals surface area (Å²) in [7, 11) is 0. The molecule has 0 fully saturated rings. The van der Waals surface area contributed by atoms with Gasteiger partial charge in [0.05, 0.1) is 25.0 Å². The van der Waals surface area contributed by atoms with E-state index < -0.39 is 11.9 Å². The molecule has 2 rings (SSSR count). The molecule has 0 bridgehead atoms. The Morgan fingerprint density at radius 3 is 1.29 bits per heavy atom. The molecular formula is C22H26O6. The van der Waals surface area contributed by atoms with Crippen LogP contribution in [0.15, 0.2) is 48.5 Å². The van der Waals surface area contributed by atoms with Gasteiger partial charge in [0.1, 0.15) is 0 Å². The van der Waals surface area contributed by atoms with E-state index >= 15 is 0 Å². The number of para-hydroxylation sites is 4. The van der Waals surface area contributed by atoms with Crippen molar-refractivity contribution in [1.29, 1.82) is 0 Å². The maximum atomic E-state index is 12.1. The van der Waals surface area contributed by atoms with Crippen molar-refractivity contribution in [2.75, 3.05) is 0 Å². The predicted molar refractivity (Wildman–Crippen MR) is 105 cm³/mol. The SMILES string of the molecule is CC(C)Oc1ccccc1OC(=O)CCC(=O)Oc1ccccc1OC(C)C. The smallest absolute Gasteiger partial charge is 0.311 e. The van der Waals surface area contributed by atoms with Gasteiger partial charge in [-0.3, -0.25) is 9.59 Å². The Morgan fingerprint density at radius 1 is 0.643 bits per heavy atom. The van der Waals surface area contributed by atoms with Gasteiger partial charge in [-0.1, -0.05) is 24.3 Å².